The van der Waals surface area contributed by atoms with Crippen LogP contribution in [-0.2, 0) is 11.2 Å². The van der Waals surface area contributed by atoms with Gasteiger partial charge in [0, 0.05) is 25.6 Å². The van der Waals surface area contributed by atoms with E-state index in [1.54, 1.807) is 6.26 Å². The molecule has 1 aliphatic heterocycles. The highest BCUT2D eigenvalue weighted by molar-refractivity contribution is 4.98. The summed E-state index contributed by atoms with van der Waals surface area (Å²) >= 11 is 0. The molecule has 90 valence electrons. The quantitative estimate of drug-likeness (QED) is 0.804. The van der Waals surface area contributed by atoms with Gasteiger partial charge in [-0.2, -0.15) is 0 Å². The highest BCUT2D eigenvalue weighted by atomic mass is 16.5. The first-order valence-electron chi connectivity index (χ1n) is 6.22. The van der Waals surface area contributed by atoms with Gasteiger partial charge in [-0.1, -0.05) is 0 Å². The lowest BCUT2D eigenvalue weighted by atomic mass is 10.1. The van der Waals surface area contributed by atoms with Gasteiger partial charge < -0.3 is 14.5 Å². The maximum absolute atomic E-state index is 5.62. The van der Waals surface area contributed by atoms with Gasteiger partial charge in [-0.05, 0) is 38.3 Å². The minimum Gasteiger partial charge on any atom is -0.469 e. The van der Waals surface area contributed by atoms with Gasteiger partial charge in [0.1, 0.15) is 5.76 Å². The molecule has 2 unspecified atom stereocenters. The van der Waals surface area contributed by atoms with E-state index in [0.29, 0.717) is 12.1 Å². The van der Waals surface area contributed by atoms with Crippen LogP contribution in [0.5, 0.6) is 0 Å². The van der Waals surface area contributed by atoms with Crippen molar-refractivity contribution < 1.29 is 9.15 Å². The van der Waals surface area contributed by atoms with E-state index in [1.807, 2.05) is 12.1 Å². The third-order valence-electron chi connectivity index (χ3n) is 3.08. The second-order valence-corrected chi connectivity index (χ2v) is 4.56. The van der Waals surface area contributed by atoms with Gasteiger partial charge in [-0.15, -0.1) is 0 Å². The number of hydrogen-bond acceptors (Lipinski definition) is 3. The Bertz CT molecular complexity index is 278. The van der Waals surface area contributed by atoms with Crippen LogP contribution in [0.15, 0.2) is 22.8 Å². The third kappa shape index (κ3) is 3.65. The molecule has 2 atom stereocenters. The Balaban J connectivity index is 1.58. The third-order valence-corrected chi connectivity index (χ3v) is 3.08. The molecular formula is C13H21NO2. The monoisotopic (exact) mass is 223 g/mol. The summed E-state index contributed by atoms with van der Waals surface area (Å²) < 4.78 is 10.9. The Morgan fingerprint density at radius 1 is 1.56 bits per heavy atom. The molecule has 2 rings (SSSR count). The first kappa shape index (κ1) is 11.7. The summed E-state index contributed by atoms with van der Waals surface area (Å²) in [6, 6.07) is 4.48. The predicted molar refractivity (Wildman–Crippen MR) is 63.5 cm³/mol. The molecule has 1 fully saturated rings. The molecule has 1 N–H and O–H groups in total. The van der Waals surface area contributed by atoms with Crippen molar-refractivity contribution >= 4 is 0 Å². The molecule has 1 saturated heterocycles. The van der Waals surface area contributed by atoms with Gasteiger partial charge in [0.05, 0.1) is 12.4 Å². The van der Waals surface area contributed by atoms with E-state index >= 15 is 0 Å². The van der Waals surface area contributed by atoms with E-state index in [2.05, 4.69) is 12.2 Å². The van der Waals surface area contributed by atoms with Crippen molar-refractivity contribution in [3.63, 3.8) is 0 Å². The molecule has 0 aromatic carbocycles. The van der Waals surface area contributed by atoms with Crippen molar-refractivity contribution in [1.29, 1.82) is 0 Å². The van der Waals surface area contributed by atoms with Crippen molar-refractivity contribution in [2.24, 2.45) is 0 Å². The summed E-state index contributed by atoms with van der Waals surface area (Å²) in [4.78, 5) is 0. The summed E-state index contributed by atoms with van der Waals surface area (Å²) in [5.41, 5.74) is 0. The lowest BCUT2D eigenvalue weighted by Gasteiger charge is -2.17. The summed E-state index contributed by atoms with van der Waals surface area (Å²) in [6.45, 7) is 4.15. The molecule has 2 heterocycles. The van der Waals surface area contributed by atoms with Crippen LogP contribution in [0.2, 0.25) is 0 Å². The zero-order valence-electron chi connectivity index (χ0n) is 9.95. The Hall–Kier alpha value is -0.800. The largest absolute Gasteiger partial charge is 0.469 e. The minimum absolute atomic E-state index is 0.478. The molecule has 3 nitrogen and oxygen atoms in total. The SMILES string of the molecule is CC(CC1CCCO1)NCCc1ccco1. The molecule has 0 radical (unpaired) electrons. The number of ether oxygens (including phenoxy) is 1. The maximum atomic E-state index is 5.62. The van der Waals surface area contributed by atoms with Gasteiger partial charge in [-0.25, -0.2) is 0 Å². The first-order chi connectivity index (χ1) is 7.84. The van der Waals surface area contributed by atoms with E-state index in [9.17, 15) is 0 Å². The normalized spacial score (nSPS) is 22.4. The van der Waals surface area contributed by atoms with Crippen molar-refractivity contribution in [2.75, 3.05) is 13.2 Å². The van der Waals surface area contributed by atoms with E-state index in [0.717, 1.165) is 31.8 Å². The Morgan fingerprint density at radius 2 is 2.50 bits per heavy atom. The second kappa shape index (κ2) is 6.06. The standard InChI is InChI=1S/C13H21NO2/c1-11(10-13-5-3-9-16-13)14-7-6-12-4-2-8-15-12/h2,4,8,11,13-14H,3,5-7,9-10H2,1H3. The van der Waals surface area contributed by atoms with Crippen LogP contribution in [0, 0.1) is 0 Å². The molecule has 0 spiro atoms. The van der Waals surface area contributed by atoms with Gasteiger partial charge in [0.15, 0.2) is 0 Å². The Kier molecular flexibility index (Phi) is 4.43. The van der Waals surface area contributed by atoms with Crippen LogP contribution in [-0.4, -0.2) is 25.3 Å². The van der Waals surface area contributed by atoms with Gasteiger partial charge >= 0.3 is 0 Å². The van der Waals surface area contributed by atoms with E-state index < -0.39 is 0 Å². The highest BCUT2D eigenvalue weighted by Crippen LogP contribution is 2.16. The van der Waals surface area contributed by atoms with Crippen molar-refractivity contribution in [1.82, 2.24) is 5.32 Å². The van der Waals surface area contributed by atoms with Crippen molar-refractivity contribution in [2.45, 2.75) is 44.8 Å². The molecule has 1 aliphatic rings. The van der Waals surface area contributed by atoms with Crippen LogP contribution < -0.4 is 5.32 Å². The fourth-order valence-electron chi connectivity index (χ4n) is 2.20. The molecule has 1 aromatic heterocycles. The second-order valence-electron chi connectivity index (χ2n) is 4.56. The van der Waals surface area contributed by atoms with Crippen LogP contribution in [0.25, 0.3) is 0 Å². The molecule has 3 heteroatoms. The zero-order valence-corrected chi connectivity index (χ0v) is 9.95. The lowest BCUT2D eigenvalue weighted by molar-refractivity contribution is 0.0964. The molecule has 1 aromatic rings. The Labute approximate surface area is 97.2 Å². The van der Waals surface area contributed by atoms with E-state index in [1.165, 1.54) is 12.8 Å². The minimum atomic E-state index is 0.478. The molecule has 16 heavy (non-hydrogen) atoms. The fourth-order valence-corrected chi connectivity index (χ4v) is 2.20. The van der Waals surface area contributed by atoms with Crippen LogP contribution >= 0.6 is 0 Å². The van der Waals surface area contributed by atoms with E-state index in [-0.39, 0.29) is 0 Å². The van der Waals surface area contributed by atoms with Crippen molar-refractivity contribution in [3.05, 3.63) is 24.2 Å². The average Bonchev–Trinajstić information content (AvgIpc) is 2.90. The average molecular weight is 223 g/mol. The fraction of sp³-hybridized carbons (Fsp3) is 0.692. The molecule has 0 amide bonds. The Morgan fingerprint density at radius 3 is 3.19 bits per heavy atom. The van der Waals surface area contributed by atoms with Crippen LogP contribution in [0.4, 0.5) is 0 Å². The molecule has 0 saturated carbocycles. The molecule has 0 bridgehead atoms. The number of furan rings is 1. The predicted octanol–water partition coefficient (Wildman–Crippen LogP) is 2.37. The van der Waals surface area contributed by atoms with E-state index in [4.69, 9.17) is 9.15 Å². The summed E-state index contributed by atoms with van der Waals surface area (Å²) in [6.07, 6.45) is 6.74. The van der Waals surface area contributed by atoms with Crippen LogP contribution in [0.1, 0.15) is 31.9 Å². The number of rotatable bonds is 6. The van der Waals surface area contributed by atoms with Gasteiger partial charge in [0.25, 0.3) is 0 Å². The molecular weight excluding hydrogens is 202 g/mol. The highest BCUT2D eigenvalue weighted by Gasteiger charge is 2.17. The van der Waals surface area contributed by atoms with Gasteiger partial charge in [0.2, 0.25) is 0 Å². The molecule has 0 aliphatic carbocycles. The summed E-state index contributed by atoms with van der Waals surface area (Å²) in [7, 11) is 0. The number of hydrogen-bond donors (Lipinski definition) is 1. The van der Waals surface area contributed by atoms with Gasteiger partial charge in [-0.3, -0.25) is 0 Å². The summed E-state index contributed by atoms with van der Waals surface area (Å²) in [5.74, 6) is 1.05. The smallest absolute Gasteiger partial charge is 0.105 e. The van der Waals surface area contributed by atoms with Crippen molar-refractivity contribution in [3.8, 4) is 0 Å². The lowest BCUT2D eigenvalue weighted by Crippen LogP contribution is -2.31. The topological polar surface area (TPSA) is 34.4 Å². The zero-order chi connectivity index (χ0) is 11.2. The maximum Gasteiger partial charge on any atom is 0.105 e. The first-order valence-corrected chi connectivity index (χ1v) is 6.22. The summed E-state index contributed by atoms with van der Waals surface area (Å²) in [5, 5.41) is 3.51. The number of nitrogens with one attached hydrogen (secondary N) is 1. The van der Waals surface area contributed by atoms with Crippen LogP contribution in [0.3, 0.4) is 0 Å².